The van der Waals surface area contributed by atoms with Gasteiger partial charge in [0.2, 0.25) is 5.91 Å². The second kappa shape index (κ2) is 10.7. The maximum absolute atomic E-state index is 12.4. The molecule has 2 aromatic rings. The van der Waals surface area contributed by atoms with Crippen molar-refractivity contribution in [3.05, 3.63) is 65.7 Å². The summed E-state index contributed by atoms with van der Waals surface area (Å²) in [5.41, 5.74) is 1.05. The van der Waals surface area contributed by atoms with Crippen LogP contribution in [0, 0.1) is 0 Å². The number of carboxylic acid groups (broad SMARTS) is 1. The minimum absolute atomic E-state index is 0. The van der Waals surface area contributed by atoms with Gasteiger partial charge in [-0.2, -0.15) is 0 Å². The molecule has 2 aromatic carbocycles. The van der Waals surface area contributed by atoms with E-state index in [0.29, 0.717) is 11.1 Å². The fourth-order valence-electron chi connectivity index (χ4n) is 2.28. The van der Waals surface area contributed by atoms with Crippen molar-refractivity contribution in [3.63, 3.8) is 0 Å². The predicted molar refractivity (Wildman–Crippen MR) is 92.5 cm³/mol. The molecule has 136 valence electrons. The SMILES string of the molecule is CC(NC(=O)[C@H](Cc1ccc([O-])cc1)NC(=O)c1ccccc1)[13C](=O)O.[Na+]. The molecule has 27 heavy (non-hydrogen) atoms. The molecule has 1 unspecified atom stereocenters. The molecule has 0 saturated heterocycles. The van der Waals surface area contributed by atoms with Crippen LogP contribution in [0.3, 0.4) is 0 Å². The summed E-state index contributed by atoms with van der Waals surface area (Å²) < 4.78 is 0. The molecule has 2 atom stereocenters. The summed E-state index contributed by atoms with van der Waals surface area (Å²) in [4.78, 5) is 35.8. The van der Waals surface area contributed by atoms with E-state index in [1.54, 1.807) is 42.5 Å². The van der Waals surface area contributed by atoms with Gasteiger partial charge in [-0.3, -0.25) is 14.4 Å². The Kier molecular flexibility index (Phi) is 9.00. The van der Waals surface area contributed by atoms with E-state index in [2.05, 4.69) is 10.6 Å². The summed E-state index contributed by atoms with van der Waals surface area (Å²) in [7, 11) is 0. The molecule has 2 amide bonds. The summed E-state index contributed by atoms with van der Waals surface area (Å²) in [6.07, 6.45) is 0.122. The molecule has 0 bridgehead atoms. The van der Waals surface area contributed by atoms with Crippen molar-refractivity contribution in [1.29, 1.82) is 0 Å². The zero-order valence-electron chi connectivity index (χ0n) is 15.1. The molecule has 7 nitrogen and oxygen atoms in total. The third-order valence-electron chi connectivity index (χ3n) is 3.75. The van der Waals surface area contributed by atoms with Gasteiger partial charge in [0.15, 0.2) is 0 Å². The Labute approximate surface area is 179 Å². The van der Waals surface area contributed by atoms with E-state index >= 15 is 0 Å². The van der Waals surface area contributed by atoms with Gasteiger partial charge in [0.25, 0.3) is 5.91 Å². The first-order valence-electron chi connectivity index (χ1n) is 8.02. The predicted octanol–water partition coefficient (Wildman–Crippen LogP) is -2.31. The number of aliphatic carboxylic acids is 1. The van der Waals surface area contributed by atoms with E-state index in [4.69, 9.17) is 5.11 Å². The van der Waals surface area contributed by atoms with Crippen molar-refractivity contribution in [3.8, 4) is 5.75 Å². The van der Waals surface area contributed by atoms with Gasteiger partial charge < -0.3 is 20.8 Å². The molecule has 2 rings (SSSR count). The van der Waals surface area contributed by atoms with Crippen LogP contribution in [0.4, 0.5) is 0 Å². The molecular formula is C19H19N2NaO5. The van der Waals surface area contributed by atoms with Gasteiger partial charge in [0.1, 0.15) is 12.1 Å². The van der Waals surface area contributed by atoms with E-state index in [1.807, 2.05) is 0 Å². The van der Waals surface area contributed by atoms with Gasteiger partial charge >= 0.3 is 35.5 Å². The first-order valence-corrected chi connectivity index (χ1v) is 8.02. The van der Waals surface area contributed by atoms with Crippen LogP contribution in [0.15, 0.2) is 54.6 Å². The van der Waals surface area contributed by atoms with Crippen molar-refractivity contribution in [1.82, 2.24) is 10.6 Å². The summed E-state index contributed by atoms with van der Waals surface area (Å²) in [5, 5.41) is 25.1. The number of benzene rings is 2. The number of carboxylic acids is 1. The van der Waals surface area contributed by atoms with Crippen molar-refractivity contribution < 1.29 is 54.2 Å². The molecule has 8 heteroatoms. The normalized spacial score (nSPS) is 12.2. The van der Waals surface area contributed by atoms with Crippen molar-refractivity contribution in [2.24, 2.45) is 0 Å². The Morgan fingerprint density at radius 3 is 2.15 bits per heavy atom. The molecular weight excluding hydrogens is 360 g/mol. The monoisotopic (exact) mass is 379 g/mol. The maximum Gasteiger partial charge on any atom is 1.00 e. The van der Waals surface area contributed by atoms with Crippen molar-refractivity contribution in [2.45, 2.75) is 25.4 Å². The number of rotatable bonds is 7. The summed E-state index contributed by atoms with van der Waals surface area (Å²) in [5.74, 6) is -2.41. The average Bonchev–Trinajstić information content (AvgIpc) is 2.63. The Morgan fingerprint density at radius 1 is 1.00 bits per heavy atom. The van der Waals surface area contributed by atoms with E-state index < -0.39 is 29.9 Å². The molecule has 0 aromatic heterocycles. The number of carbonyl (C=O) groups is 3. The van der Waals surface area contributed by atoms with Crippen LogP contribution in [0.5, 0.6) is 5.75 Å². The maximum atomic E-state index is 12.4. The van der Waals surface area contributed by atoms with E-state index in [1.165, 1.54) is 19.1 Å². The molecule has 0 spiro atoms. The summed E-state index contributed by atoms with van der Waals surface area (Å²) >= 11 is 0. The second-order valence-electron chi connectivity index (χ2n) is 5.81. The first kappa shape index (κ1) is 22.7. The Hall–Kier alpha value is -2.35. The minimum Gasteiger partial charge on any atom is -0.872 e. The number of hydrogen-bond acceptors (Lipinski definition) is 4. The molecule has 0 aliphatic rings. The van der Waals surface area contributed by atoms with Crippen LogP contribution in [-0.4, -0.2) is 35.0 Å². The molecule has 0 heterocycles. The second-order valence-corrected chi connectivity index (χ2v) is 5.81. The van der Waals surface area contributed by atoms with Gasteiger partial charge in [-0.05, 0) is 24.6 Å². The van der Waals surface area contributed by atoms with Gasteiger partial charge in [0, 0.05) is 12.0 Å². The van der Waals surface area contributed by atoms with Crippen LogP contribution in [0.1, 0.15) is 22.8 Å². The summed E-state index contributed by atoms with van der Waals surface area (Å²) in [6.45, 7) is 1.34. The van der Waals surface area contributed by atoms with Gasteiger partial charge in [-0.1, -0.05) is 42.5 Å². The van der Waals surface area contributed by atoms with Gasteiger partial charge in [-0.25, -0.2) is 0 Å². The molecule has 0 aliphatic carbocycles. The number of carbonyl (C=O) groups excluding carboxylic acids is 2. The molecule has 0 saturated carbocycles. The Balaban J connectivity index is 0.00000364. The zero-order chi connectivity index (χ0) is 19.1. The number of amides is 2. The molecule has 0 aliphatic heterocycles. The third-order valence-corrected chi connectivity index (χ3v) is 3.75. The van der Waals surface area contributed by atoms with Gasteiger partial charge in [0.05, 0.1) is 0 Å². The van der Waals surface area contributed by atoms with E-state index in [0.717, 1.165) is 0 Å². The van der Waals surface area contributed by atoms with Crippen LogP contribution in [-0.2, 0) is 16.0 Å². The fraction of sp³-hybridized carbons (Fsp3) is 0.211. The Morgan fingerprint density at radius 2 is 1.59 bits per heavy atom. The summed E-state index contributed by atoms with van der Waals surface area (Å²) in [6, 6.07) is 12.2. The number of hydrogen-bond donors (Lipinski definition) is 3. The van der Waals surface area contributed by atoms with Crippen LogP contribution >= 0.6 is 0 Å². The fourth-order valence-corrected chi connectivity index (χ4v) is 2.28. The van der Waals surface area contributed by atoms with E-state index in [-0.39, 0.29) is 41.7 Å². The van der Waals surface area contributed by atoms with Crippen molar-refractivity contribution in [2.75, 3.05) is 0 Å². The van der Waals surface area contributed by atoms with Crippen LogP contribution < -0.4 is 45.3 Å². The smallest absolute Gasteiger partial charge is 0.872 e. The number of nitrogens with one attached hydrogen (secondary N) is 2. The zero-order valence-corrected chi connectivity index (χ0v) is 17.1. The quantitative estimate of drug-likeness (QED) is 0.369. The van der Waals surface area contributed by atoms with E-state index in [9.17, 15) is 19.5 Å². The van der Waals surface area contributed by atoms with Gasteiger partial charge in [-0.15, -0.1) is 5.75 Å². The standard InChI is InChI=1S/C19H20N2O5.Na/c1-12(19(25)26)20-18(24)16(11-13-7-9-15(22)10-8-13)21-17(23)14-5-3-2-4-6-14;/h2-10,12,16,22H,11H2,1H3,(H,20,24)(H,21,23)(H,25,26);/q;+1/p-1/t12?,16-;/m0./s1/i19+1;. The first-order chi connectivity index (χ1) is 12.4. The molecule has 3 N–H and O–H groups in total. The third kappa shape index (κ3) is 7.05. The van der Waals surface area contributed by atoms with Crippen LogP contribution in [0.2, 0.25) is 0 Å². The minimum atomic E-state index is -1.18. The topological polar surface area (TPSA) is 119 Å². The van der Waals surface area contributed by atoms with Crippen LogP contribution in [0.25, 0.3) is 0 Å². The molecule has 0 fully saturated rings. The Bertz CT molecular complexity index is 780. The largest absolute Gasteiger partial charge is 1.00 e. The van der Waals surface area contributed by atoms with Crippen molar-refractivity contribution >= 4 is 17.8 Å². The average molecular weight is 379 g/mol. The molecule has 0 radical (unpaired) electrons.